The number of rotatable bonds is 7. The van der Waals surface area contributed by atoms with Gasteiger partial charge in [0.25, 0.3) is 0 Å². The fourth-order valence-electron chi connectivity index (χ4n) is 3.20. The first-order chi connectivity index (χ1) is 12.8. The molecule has 2 aromatic rings. The molecule has 3 rings (SSSR count). The fraction of sp³-hybridized carbons (Fsp3) is 0.381. The third-order valence-corrected chi connectivity index (χ3v) is 4.65. The lowest BCUT2D eigenvalue weighted by Gasteiger charge is -2.13. The third-order valence-electron chi connectivity index (χ3n) is 4.65. The second kappa shape index (κ2) is 9.25. The monoisotopic (exact) mass is 354 g/mol. The normalized spacial score (nSPS) is 16.3. The molecule has 1 fully saturated rings. The molecule has 0 radical (unpaired) electrons. The van der Waals surface area contributed by atoms with Crippen LogP contribution >= 0.6 is 0 Å². The number of hydrogen-bond acceptors (Lipinski definition) is 3. The van der Waals surface area contributed by atoms with Gasteiger partial charge in [-0.3, -0.25) is 0 Å². The Kier molecular flexibility index (Phi) is 6.50. The number of hydrogen-bond donors (Lipinski definition) is 2. The number of carbonyl (C=O) groups excluding carboxylic acids is 1. The number of methoxy groups -OCH3 is 1. The Morgan fingerprint density at radius 3 is 2.92 bits per heavy atom. The predicted octanol–water partition coefficient (Wildman–Crippen LogP) is 4.30. The molecule has 1 atom stereocenters. The Morgan fingerprint density at radius 2 is 2.12 bits per heavy atom. The van der Waals surface area contributed by atoms with E-state index in [0.717, 1.165) is 55.0 Å². The zero-order valence-electron chi connectivity index (χ0n) is 15.2. The summed E-state index contributed by atoms with van der Waals surface area (Å²) in [6.07, 6.45) is 3.21. The van der Waals surface area contributed by atoms with Crippen LogP contribution in [-0.2, 0) is 4.74 Å². The number of carbonyl (C=O) groups is 1. The van der Waals surface area contributed by atoms with Crippen molar-refractivity contribution in [1.29, 1.82) is 0 Å². The summed E-state index contributed by atoms with van der Waals surface area (Å²) >= 11 is 0. The van der Waals surface area contributed by atoms with Crippen LogP contribution in [0, 0.1) is 5.92 Å². The van der Waals surface area contributed by atoms with Gasteiger partial charge in [0.1, 0.15) is 5.75 Å². The molecule has 138 valence electrons. The van der Waals surface area contributed by atoms with E-state index in [0.29, 0.717) is 12.5 Å². The fourth-order valence-corrected chi connectivity index (χ4v) is 3.20. The molecule has 5 heteroatoms. The standard InChI is InChI=1S/C21H26N2O3/c1-25-18-8-4-7-17(14-18)19-9-2-3-10-20(19)23-21(24)22-12-5-6-16-11-13-26-15-16/h2-4,7-10,14,16H,5-6,11-13,15H2,1H3,(H2,22,23,24)/t16-/m1/s1. The summed E-state index contributed by atoms with van der Waals surface area (Å²) in [7, 11) is 1.65. The first kappa shape index (κ1) is 18.3. The van der Waals surface area contributed by atoms with Crippen molar-refractivity contribution in [1.82, 2.24) is 5.32 Å². The molecule has 0 bridgehead atoms. The lowest BCUT2D eigenvalue weighted by Crippen LogP contribution is -2.30. The summed E-state index contributed by atoms with van der Waals surface area (Å²) in [5.74, 6) is 1.44. The van der Waals surface area contributed by atoms with Gasteiger partial charge in [0, 0.05) is 25.3 Å². The highest BCUT2D eigenvalue weighted by molar-refractivity contribution is 5.94. The van der Waals surface area contributed by atoms with E-state index in [9.17, 15) is 4.79 Å². The minimum atomic E-state index is -0.178. The molecule has 26 heavy (non-hydrogen) atoms. The maximum atomic E-state index is 12.2. The van der Waals surface area contributed by atoms with E-state index in [1.165, 1.54) is 0 Å². The molecule has 0 spiro atoms. The van der Waals surface area contributed by atoms with Crippen molar-refractivity contribution >= 4 is 11.7 Å². The summed E-state index contributed by atoms with van der Waals surface area (Å²) in [6, 6.07) is 15.4. The molecule has 0 unspecified atom stereocenters. The van der Waals surface area contributed by atoms with Gasteiger partial charge in [0.05, 0.1) is 12.8 Å². The molecule has 0 saturated carbocycles. The van der Waals surface area contributed by atoms with E-state index >= 15 is 0 Å². The summed E-state index contributed by atoms with van der Waals surface area (Å²) in [4.78, 5) is 12.2. The smallest absolute Gasteiger partial charge is 0.319 e. The van der Waals surface area contributed by atoms with Gasteiger partial charge >= 0.3 is 6.03 Å². The Balaban J connectivity index is 1.56. The van der Waals surface area contributed by atoms with E-state index in [1.807, 2.05) is 48.5 Å². The van der Waals surface area contributed by atoms with Gasteiger partial charge in [-0.2, -0.15) is 0 Å². The van der Waals surface area contributed by atoms with Crippen LogP contribution in [0.2, 0.25) is 0 Å². The van der Waals surface area contributed by atoms with E-state index in [1.54, 1.807) is 7.11 Å². The van der Waals surface area contributed by atoms with Crippen LogP contribution in [0.1, 0.15) is 19.3 Å². The Morgan fingerprint density at radius 1 is 1.23 bits per heavy atom. The summed E-state index contributed by atoms with van der Waals surface area (Å²) in [5.41, 5.74) is 2.74. The van der Waals surface area contributed by atoms with Crippen molar-refractivity contribution in [3.63, 3.8) is 0 Å². The molecule has 2 amide bonds. The molecule has 1 saturated heterocycles. The van der Waals surface area contributed by atoms with Crippen molar-refractivity contribution in [3.8, 4) is 16.9 Å². The lowest BCUT2D eigenvalue weighted by atomic mass is 10.0. The molecule has 1 heterocycles. The molecular weight excluding hydrogens is 328 g/mol. The third kappa shape index (κ3) is 4.99. The van der Waals surface area contributed by atoms with Crippen LogP contribution in [0.15, 0.2) is 48.5 Å². The van der Waals surface area contributed by atoms with Gasteiger partial charge in [-0.25, -0.2) is 4.79 Å². The second-order valence-electron chi connectivity index (χ2n) is 6.53. The number of amides is 2. The van der Waals surface area contributed by atoms with Crippen LogP contribution in [0.4, 0.5) is 10.5 Å². The van der Waals surface area contributed by atoms with Crippen LogP contribution < -0.4 is 15.4 Å². The number of nitrogens with one attached hydrogen (secondary N) is 2. The number of ether oxygens (including phenoxy) is 2. The van der Waals surface area contributed by atoms with Gasteiger partial charge in [0.2, 0.25) is 0 Å². The van der Waals surface area contributed by atoms with E-state index in [2.05, 4.69) is 10.6 Å². The lowest BCUT2D eigenvalue weighted by molar-refractivity contribution is 0.184. The molecule has 2 aromatic carbocycles. The SMILES string of the molecule is COc1cccc(-c2ccccc2NC(=O)NCCC[C@@H]2CCOC2)c1. The van der Waals surface area contributed by atoms with Crippen LogP contribution in [0.25, 0.3) is 11.1 Å². The van der Waals surface area contributed by atoms with Crippen LogP contribution in [0.5, 0.6) is 5.75 Å². The average Bonchev–Trinajstić information content (AvgIpc) is 3.19. The highest BCUT2D eigenvalue weighted by atomic mass is 16.5. The summed E-state index contributed by atoms with van der Waals surface area (Å²) in [5, 5.41) is 5.90. The van der Waals surface area contributed by atoms with Crippen LogP contribution in [-0.4, -0.2) is 32.9 Å². The number of anilines is 1. The molecule has 2 N–H and O–H groups in total. The largest absolute Gasteiger partial charge is 0.497 e. The van der Waals surface area contributed by atoms with Crippen molar-refractivity contribution in [2.24, 2.45) is 5.92 Å². The van der Waals surface area contributed by atoms with E-state index < -0.39 is 0 Å². The highest BCUT2D eigenvalue weighted by Gasteiger charge is 2.15. The summed E-state index contributed by atoms with van der Waals surface area (Å²) in [6.45, 7) is 2.41. The Hall–Kier alpha value is -2.53. The van der Waals surface area contributed by atoms with Crippen molar-refractivity contribution < 1.29 is 14.3 Å². The van der Waals surface area contributed by atoms with Gasteiger partial charge in [-0.1, -0.05) is 30.3 Å². The molecule has 0 aromatic heterocycles. The zero-order valence-corrected chi connectivity index (χ0v) is 15.2. The second-order valence-corrected chi connectivity index (χ2v) is 6.53. The summed E-state index contributed by atoms with van der Waals surface area (Å²) < 4.78 is 10.7. The minimum absolute atomic E-state index is 0.178. The zero-order chi connectivity index (χ0) is 18.2. The van der Waals surface area contributed by atoms with Gasteiger partial charge < -0.3 is 20.1 Å². The number of para-hydroxylation sites is 1. The molecule has 0 aliphatic carbocycles. The van der Waals surface area contributed by atoms with E-state index in [4.69, 9.17) is 9.47 Å². The van der Waals surface area contributed by atoms with Crippen molar-refractivity contribution in [2.75, 3.05) is 32.2 Å². The highest BCUT2D eigenvalue weighted by Crippen LogP contribution is 2.30. The molecular formula is C21H26N2O3. The molecule has 1 aliphatic heterocycles. The first-order valence-electron chi connectivity index (χ1n) is 9.12. The minimum Gasteiger partial charge on any atom is -0.497 e. The van der Waals surface area contributed by atoms with Gasteiger partial charge in [-0.05, 0) is 48.9 Å². The quantitative estimate of drug-likeness (QED) is 0.729. The molecule has 5 nitrogen and oxygen atoms in total. The Labute approximate surface area is 154 Å². The first-order valence-corrected chi connectivity index (χ1v) is 9.12. The average molecular weight is 354 g/mol. The Bertz CT molecular complexity index is 727. The number of urea groups is 1. The predicted molar refractivity (Wildman–Crippen MR) is 104 cm³/mol. The van der Waals surface area contributed by atoms with E-state index in [-0.39, 0.29) is 6.03 Å². The number of benzene rings is 2. The van der Waals surface area contributed by atoms with Crippen molar-refractivity contribution in [3.05, 3.63) is 48.5 Å². The molecule has 1 aliphatic rings. The van der Waals surface area contributed by atoms with Crippen LogP contribution in [0.3, 0.4) is 0 Å². The van der Waals surface area contributed by atoms with Gasteiger partial charge in [0.15, 0.2) is 0 Å². The maximum absolute atomic E-state index is 12.2. The van der Waals surface area contributed by atoms with Crippen molar-refractivity contribution in [2.45, 2.75) is 19.3 Å². The topological polar surface area (TPSA) is 59.6 Å². The van der Waals surface area contributed by atoms with Gasteiger partial charge in [-0.15, -0.1) is 0 Å². The maximum Gasteiger partial charge on any atom is 0.319 e.